The van der Waals surface area contributed by atoms with Crippen molar-refractivity contribution >= 4 is 46.0 Å². The van der Waals surface area contributed by atoms with Crippen molar-refractivity contribution in [2.75, 3.05) is 9.80 Å². The Labute approximate surface area is 223 Å². The SMILES string of the molecule is O=C1[C@@H]2[C@H](C(=O)N1c1ccc3nc(-c4ccc(N5C(=O)[C@H]6[C@H](C5=O)[C@H]5C=C[C@H]6C5)cc4)[nH]c3c1)[C@H]1C=C[C@H]2C1. The lowest BCUT2D eigenvalue weighted by molar-refractivity contribution is -0.124. The van der Waals surface area contributed by atoms with Gasteiger partial charge in [-0.05, 0) is 79.0 Å². The summed E-state index contributed by atoms with van der Waals surface area (Å²) in [6.07, 6.45) is 10.2. The molecule has 3 aromatic rings. The van der Waals surface area contributed by atoms with E-state index in [-0.39, 0.29) is 71.0 Å². The molecule has 4 fully saturated rings. The molecule has 2 saturated carbocycles. The van der Waals surface area contributed by atoms with Gasteiger partial charge in [-0.15, -0.1) is 0 Å². The molecule has 2 aliphatic heterocycles. The van der Waals surface area contributed by atoms with Crippen LogP contribution >= 0.6 is 0 Å². The highest BCUT2D eigenvalue weighted by Crippen LogP contribution is 2.54. The van der Waals surface area contributed by atoms with Crippen LogP contribution in [0.2, 0.25) is 0 Å². The van der Waals surface area contributed by atoms with E-state index in [1.807, 2.05) is 24.3 Å². The first kappa shape index (κ1) is 21.6. The lowest BCUT2D eigenvalue weighted by Crippen LogP contribution is -2.32. The molecule has 2 aromatic carbocycles. The summed E-state index contributed by atoms with van der Waals surface area (Å²) in [4.78, 5) is 63.5. The van der Waals surface area contributed by atoms with Crippen LogP contribution in [0.5, 0.6) is 0 Å². The molecule has 4 aliphatic carbocycles. The lowest BCUT2D eigenvalue weighted by atomic mass is 9.85. The number of imidazole rings is 1. The third-order valence-corrected chi connectivity index (χ3v) is 10.1. The molecule has 39 heavy (non-hydrogen) atoms. The maximum atomic E-state index is 13.2. The maximum absolute atomic E-state index is 13.2. The summed E-state index contributed by atoms with van der Waals surface area (Å²) in [6, 6.07) is 12.7. The van der Waals surface area contributed by atoms with E-state index in [1.165, 1.54) is 9.80 Å². The molecular weight excluding hydrogens is 492 g/mol. The zero-order valence-corrected chi connectivity index (χ0v) is 20.9. The van der Waals surface area contributed by atoms with Crippen molar-refractivity contribution in [1.82, 2.24) is 9.97 Å². The zero-order chi connectivity index (χ0) is 26.2. The van der Waals surface area contributed by atoms with Crippen LogP contribution in [-0.2, 0) is 19.2 Å². The Morgan fingerprint density at radius 2 is 1.08 bits per heavy atom. The predicted octanol–water partition coefficient (Wildman–Crippen LogP) is 3.85. The molecule has 4 amide bonds. The van der Waals surface area contributed by atoms with Gasteiger partial charge in [-0.25, -0.2) is 9.88 Å². The number of allylic oxidation sites excluding steroid dienone is 4. The topological polar surface area (TPSA) is 103 Å². The van der Waals surface area contributed by atoms with E-state index in [9.17, 15) is 19.2 Å². The van der Waals surface area contributed by atoms with Crippen LogP contribution < -0.4 is 9.80 Å². The Bertz CT molecular complexity index is 1660. The number of carbonyl (C=O) groups is 4. The van der Waals surface area contributed by atoms with Gasteiger partial charge in [-0.2, -0.15) is 0 Å². The number of carbonyl (C=O) groups excluding carboxylic acids is 4. The third kappa shape index (κ3) is 2.66. The molecule has 8 atom stereocenters. The highest BCUT2D eigenvalue weighted by atomic mass is 16.2. The lowest BCUT2D eigenvalue weighted by Gasteiger charge is -2.17. The van der Waals surface area contributed by atoms with E-state index < -0.39 is 0 Å². The van der Waals surface area contributed by atoms with Crippen molar-refractivity contribution in [3.63, 3.8) is 0 Å². The molecule has 3 heterocycles. The Hall–Kier alpha value is -4.33. The van der Waals surface area contributed by atoms with E-state index >= 15 is 0 Å². The predicted molar refractivity (Wildman–Crippen MR) is 142 cm³/mol. The van der Waals surface area contributed by atoms with Gasteiger partial charge in [0.05, 0.1) is 46.1 Å². The standard InChI is InChI=1S/C31H24N4O4/c36-28-23-15-1-2-16(11-15)24(23)29(37)34(28)19-7-5-14(6-8-19)27-32-21-10-9-20(13-22(21)33-27)35-30(38)25-17-3-4-18(12-17)26(25)31(35)39/h1-10,13,15-18,23-26H,11-12H2,(H,32,33)/t15-,16-,17-,18-,23+,24+,25-,26+/m0/s1. The number of anilines is 2. The molecule has 9 rings (SSSR count). The van der Waals surface area contributed by atoms with Gasteiger partial charge in [0.15, 0.2) is 0 Å². The molecule has 1 aromatic heterocycles. The van der Waals surface area contributed by atoms with Gasteiger partial charge < -0.3 is 4.98 Å². The average molecular weight is 517 g/mol. The highest BCUT2D eigenvalue weighted by molar-refractivity contribution is 6.24. The van der Waals surface area contributed by atoms with Crippen molar-refractivity contribution in [2.24, 2.45) is 47.3 Å². The molecule has 8 heteroatoms. The number of hydrogen-bond donors (Lipinski definition) is 1. The largest absolute Gasteiger partial charge is 0.338 e. The summed E-state index contributed by atoms with van der Waals surface area (Å²) in [5.41, 5.74) is 3.41. The number of benzene rings is 2. The summed E-state index contributed by atoms with van der Waals surface area (Å²) >= 11 is 0. The van der Waals surface area contributed by atoms with Crippen LogP contribution in [0, 0.1) is 47.3 Å². The summed E-state index contributed by atoms with van der Waals surface area (Å²) in [7, 11) is 0. The highest BCUT2D eigenvalue weighted by Gasteiger charge is 2.60. The van der Waals surface area contributed by atoms with Crippen LogP contribution in [0.25, 0.3) is 22.4 Å². The second kappa shape index (κ2) is 7.20. The van der Waals surface area contributed by atoms with Crippen molar-refractivity contribution in [3.8, 4) is 11.4 Å². The zero-order valence-electron chi connectivity index (χ0n) is 20.9. The Balaban J connectivity index is 0.997. The fourth-order valence-corrected chi connectivity index (χ4v) is 8.36. The van der Waals surface area contributed by atoms with Gasteiger partial charge in [0.25, 0.3) is 0 Å². The van der Waals surface area contributed by atoms with Gasteiger partial charge in [-0.1, -0.05) is 24.3 Å². The van der Waals surface area contributed by atoms with Crippen LogP contribution in [0.15, 0.2) is 66.8 Å². The molecule has 0 spiro atoms. The molecule has 6 aliphatic rings. The summed E-state index contributed by atoms with van der Waals surface area (Å²) < 4.78 is 0. The Morgan fingerprint density at radius 3 is 1.59 bits per heavy atom. The monoisotopic (exact) mass is 516 g/mol. The van der Waals surface area contributed by atoms with E-state index in [0.717, 1.165) is 29.4 Å². The third-order valence-electron chi connectivity index (χ3n) is 10.1. The number of hydrogen-bond acceptors (Lipinski definition) is 5. The van der Waals surface area contributed by atoms with Gasteiger partial charge in [0, 0.05) is 5.56 Å². The number of fused-ring (bicyclic) bond motifs is 11. The smallest absolute Gasteiger partial charge is 0.238 e. The van der Waals surface area contributed by atoms with Crippen LogP contribution in [-0.4, -0.2) is 33.6 Å². The first-order chi connectivity index (χ1) is 19.0. The van der Waals surface area contributed by atoms with Gasteiger partial charge in [0.2, 0.25) is 23.6 Å². The van der Waals surface area contributed by atoms with Crippen LogP contribution in [0.1, 0.15) is 12.8 Å². The van der Waals surface area contributed by atoms with Gasteiger partial charge in [-0.3, -0.25) is 24.1 Å². The number of aromatic nitrogens is 2. The number of aromatic amines is 1. The first-order valence-electron chi connectivity index (χ1n) is 13.7. The van der Waals surface area contributed by atoms with Crippen LogP contribution in [0.4, 0.5) is 11.4 Å². The molecule has 2 saturated heterocycles. The number of imide groups is 2. The number of amides is 4. The van der Waals surface area contributed by atoms with E-state index in [1.54, 1.807) is 18.2 Å². The summed E-state index contributed by atoms with van der Waals surface area (Å²) in [5.74, 6) is 0.0185. The molecule has 8 nitrogen and oxygen atoms in total. The molecule has 0 unspecified atom stereocenters. The average Bonchev–Trinajstić information content (AvgIpc) is 3.79. The van der Waals surface area contributed by atoms with Gasteiger partial charge >= 0.3 is 0 Å². The molecule has 1 N–H and O–H groups in total. The second-order valence-electron chi connectivity index (χ2n) is 11.9. The maximum Gasteiger partial charge on any atom is 0.238 e. The van der Waals surface area contributed by atoms with Crippen molar-refractivity contribution < 1.29 is 19.2 Å². The number of nitrogens with zero attached hydrogens (tertiary/aromatic N) is 3. The van der Waals surface area contributed by atoms with Crippen molar-refractivity contribution in [3.05, 3.63) is 66.8 Å². The van der Waals surface area contributed by atoms with Crippen LogP contribution in [0.3, 0.4) is 0 Å². The molecule has 192 valence electrons. The molecule has 0 radical (unpaired) electrons. The number of rotatable bonds is 3. The Morgan fingerprint density at radius 1 is 0.615 bits per heavy atom. The minimum absolute atomic E-state index is 0.0928. The first-order valence-corrected chi connectivity index (χ1v) is 13.7. The summed E-state index contributed by atoms with van der Waals surface area (Å²) in [5, 5.41) is 0. The fourth-order valence-electron chi connectivity index (χ4n) is 8.36. The molecule has 4 bridgehead atoms. The fraction of sp³-hybridized carbons (Fsp3) is 0.323. The minimum Gasteiger partial charge on any atom is -0.338 e. The van der Waals surface area contributed by atoms with Gasteiger partial charge in [0.1, 0.15) is 5.82 Å². The van der Waals surface area contributed by atoms with Crippen molar-refractivity contribution in [2.45, 2.75) is 12.8 Å². The van der Waals surface area contributed by atoms with E-state index in [0.29, 0.717) is 17.2 Å². The number of nitrogens with one attached hydrogen (secondary N) is 1. The normalized spacial score (nSPS) is 35.4. The van der Waals surface area contributed by atoms with E-state index in [2.05, 4.69) is 29.3 Å². The number of H-pyrrole nitrogens is 1. The van der Waals surface area contributed by atoms with E-state index in [4.69, 9.17) is 4.98 Å². The Kier molecular flexibility index (Phi) is 3.98. The summed E-state index contributed by atoms with van der Waals surface area (Å²) in [6.45, 7) is 0. The molecular formula is C31H24N4O4. The van der Waals surface area contributed by atoms with Crippen molar-refractivity contribution in [1.29, 1.82) is 0 Å². The minimum atomic E-state index is -0.237. The quantitative estimate of drug-likeness (QED) is 0.421. The second-order valence-corrected chi connectivity index (χ2v) is 11.9.